The number of benzene rings is 3. The van der Waals surface area contributed by atoms with Crippen molar-refractivity contribution in [2.75, 3.05) is 5.32 Å². The quantitative estimate of drug-likeness (QED) is 0.103. The van der Waals surface area contributed by atoms with E-state index in [4.69, 9.17) is 4.74 Å². The second-order valence-corrected chi connectivity index (χ2v) is 9.48. The highest BCUT2D eigenvalue weighted by Crippen LogP contribution is 2.33. The van der Waals surface area contributed by atoms with Crippen LogP contribution in [0, 0.1) is 38.9 Å². The van der Waals surface area contributed by atoms with Gasteiger partial charge < -0.3 is 10.1 Å². The van der Waals surface area contributed by atoms with Crippen LogP contribution in [-0.4, -0.2) is 10.8 Å². The number of nitriles is 1. The van der Waals surface area contributed by atoms with Crippen molar-refractivity contribution in [3.8, 4) is 11.8 Å². The van der Waals surface area contributed by atoms with Crippen LogP contribution in [0.15, 0.2) is 64.6 Å². The fourth-order valence-corrected chi connectivity index (χ4v) is 4.81. The van der Waals surface area contributed by atoms with E-state index in [2.05, 4.69) is 43.8 Å². The van der Waals surface area contributed by atoms with Gasteiger partial charge in [-0.05, 0) is 111 Å². The summed E-state index contributed by atoms with van der Waals surface area (Å²) in [6, 6.07) is 17.4. The second kappa shape index (κ2) is 11.3. The number of nitrogens with one attached hydrogen (secondary N) is 1. The number of nitrogens with zero attached hydrogens (tertiary/aromatic N) is 2. The van der Waals surface area contributed by atoms with Crippen LogP contribution in [0.4, 0.5) is 11.4 Å². The van der Waals surface area contributed by atoms with Crippen molar-refractivity contribution in [3.63, 3.8) is 0 Å². The third kappa shape index (κ3) is 6.42. The molecule has 0 saturated carbocycles. The van der Waals surface area contributed by atoms with Gasteiger partial charge in [-0.2, -0.15) is 5.26 Å². The summed E-state index contributed by atoms with van der Waals surface area (Å²) in [6.07, 6.45) is 1.52. The van der Waals surface area contributed by atoms with E-state index in [0.717, 1.165) is 20.3 Å². The molecule has 3 rings (SSSR count). The van der Waals surface area contributed by atoms with E-state index in [1.165, 1.54) is 18.2 Å². The molecule has 7 nitrogen and oxygen atoms in total. The van der Waals surface area contributed by atoms with Crippen molar-refractivity contribution in [2.45, 2.75) is 20.5 Å². The van der Waals surface area contributed by atoms with Crippen LogP contribution in [0.5, 0.6) is 5.75 Å². The van der Waals surface area contributed by atoms with Gasteiger partial charge in [-0.1, -0.05) is 12.1 Å². The Morgan fingerprint density at radius 3 is 2.53 bits per heavy atom. The topological polar surface area (TPSA) is 105 Å². The standard InChI is InChI=1S/C25H19BrIN3O4/c1-15-3-4-16(2)23(9-15)29-25(31)19(13-28)10-18-11-21(26)24(22(27)12-18)34-14-17-5-7-20(8-6-17)30(32)33/h3-12H,14H2,1-2H3,(H,29,31)/b19-10+. The number of nitro groups is 1. The molecular weight excluding hydrogens is 613 g/mol. The van der Waals surface area contributed by atoms with Crippen LogP contribution in [0.25, 0.3) is 6.08 Å². The minimum absolute atomic E-state index is 0.0190. The number of non-ortho nitro benzene ring substituents is 1. The molecule has 0 atom stereocenters. The lowest BCUT2D eigenvalue weighted by Crippen LogP contribution is -2.14. The molecule has 34 heavy (non-hydrogen) atoms. The Hall–Kier alpha value is -3.23. The first-order valence-electron chi connectivity index (χ1n) is 10.0. The van der Waals surface area contributed by atoms with Gasteiger partial charge in [-0.15, -0.1) is 0 Å². The Bertz CT molecular complexity index is 1310. The SMILES string of the molecule is Cc1ccc(C)c(NC(=O)/C(C#N)=C/c2cc(Br)c(OCc3ccc([N+](=O)[O-])cc3)c(I)c2)c1. The Morgan fingerprint density at radius 2 is 1.91 bits per heavy atom. The van der Waals surface area contributed by atoms with E-state index < -0.39 is 10.8 Å². The minimum Gasteiger partial charge on any atom is -0.487 e. The molecule has 0 aliphatic rings. The summed E-state index contributed by atoms with van der Waals surface area (Å²) in [6.45, 7) is 4.05. The summed E-state index contributed by atoms with van der Waals surface area (Å²) in [5.41, 5.74) is 4.01. The second-order valence-electron chi connectivity index (χ2n) is 7.47. The van der Waals surface area contributed by atoms with Gasteiger partial charge in [0.05, 0.1) is 13.0 Å². The van der Waals surface area contributed by atoms with Gasteiger partial charge in [-0.25, -0.2) is 0 Å². The van der Waals surface area contributed by atoms with Crippen molar-refractivity contribution < 1.29 is 14.5 Å². The molecule has 172 valence electrons. The normalized spacial score (nSPS) is 11.0. The third-order valence-corrected chi connectivity index (χ3v) is 6.26. The predicted molar refractivity (Wildman–Crippen MR) is 142 cm³/mol. The van der Waals surface area contributed by atoms with E-state index in [1.807, 2.05) is 38.1 Å². The van der Waals surface area contributed by atoms with Crippen LogP contribution in [-0.2, 0) is 11.4 Å². The number of aryl methyl sites for hydroxylation is 2. The van der Waals surface area contributed by atoms with Gasteiger partial charge in [0, 0.05) is 17.8 Å². The number of amides is 1. The first-order valence-corrected chi connectivity index (χ1v) is 11.9. The number of hydrogen-bond donors (Lipinski definition) is 1. The fourth-order valence-electron chi connectivity index (χ4n) is 3.05. The number of ether oxygens (including phenoxy) is 1. The number of carbonyl (C=O) groups excluding carboxylic acids is 1. The molecule has 3 aromatic carbocycles. The number of nitro benzene ring substituents is 1. The maximum Gasteiger partial charge on any atom is 0.269 e. The van der Waals surface area contributed by atoms with E-state index >= 15 is 0 Å². The van der Waals surface area contributed by atoms with Crippen molar-refractivity contribution >= 4 is 61.9 Å². The molecule has 0 spiro atoms. The van der Waals surface area contributed by atoms with E-state index in [9.17, 15) is 20.2 Å². The molecule has 0 aromatic heterocycles. The summed E-state index contributed by atoms with van der Waals surface area (Å²) in [5.74, 6) is 0.107. The molecule has 3 aromatic rings. The summed E-state index contributed by atoms with van der Waals surface area (Å²) in [7, 11) is 0. The molecular formula is C25H19BrIN3O4. The highest BCUT2D eigenvalue weighted by atomic mass is 127. The minimum atomic E-state index is -0.485. The summed E-state index contributed by atoms with van der Waals surface area (Å²) in [5, 5.41) is 23.1. The molecule has 0 aliphatic carbocycles. The number of hydrogen-bond acceptors (Lipinski definition) is 5. The largest absolute Gasteiger partial charge is 0.487 e. The lowest BCUT2D eigenvalue weighted by Gasteiger charge is -2.12. The third-order valence-electron chi connectivity index (χ3n) is 4.87. The molecule has 9 heteroatoms. The van der Waals surface area contributed by atoms with E-state index in [-0.39, 0.29) is 17.9 Å². The maximum absolute atomic E-state index is 12.7. The maximum atomic E-state index is 12.7. The number of anilines is 1. The molecule has 0 aliphatic heterocycles. The predicted octanol–water partition coefficient (Wildman–Crippen LogP) is 6.70. The average molecular weight is 632 g/mol. The summed E-state index contributed by atoms with van der Waals surface area (Å²) >= 11 is 5.60. The average Bonchev–Trinajstić information content (AvgIpc) is 2.79. The number of carbonyl (C=O) groups is 1. The first kappa shape index (κ1) is 25.4. The van der Waals surface area contributed by atoms with Crippen LogP contribution in [0.3, 0.4) is 0 Å². The Morgan fingerprint density at radius 1 is 1.21 bits per heavy atom. The van der Waals surface area contributed by atoms with E-state index in [0.29, 0.717) is 21.5 Å². The zero-order valence-corrected chi connectivity index (χ0v) is 22.0. The molecule has 0 saturated heterocycles. The van der Waals surface area contributed by atoms with Gasteiger partial charge in [0.15, 0.2) is 0 Å². The van der Waals surface area contributed by atoms with Crippen molar-refractivity contribution in [1.82, 2.24) is 0 Å². The molecule has 0 unspecified atom stereocenters. The Kier molecular flexibility index (Phi) is 8.41. The van der Waals surface area contributed by atoms with Gasteiger partial charge in [0.25, 0.3) is 11.6 Å². The highest BCUT2D eigenvalue weighted by Gasteiger charge is 2.14. The van der Waals surface area contributed by atoms with Crippen LogP contribution in [0.2, 0.25) is 0 Å². The van der Waals surface area contributed by atoms with Crippen molar-refractivity contribution in [1.29, 1.82) is 5.26 Å². The van der Waals surface area contributed by atoms with Gasteiger partial charge in [0.1, 0.15) is 24.0 Å². The summed E-state index contributed by atoms with van der Waals surface area (Å²) in [4.78, 5) is 23.0. The lowest BCUT2D eigenvalue weighted by molar-refractivity contribution is -0.384. The fraction of sp³-hybridized carbons (Fsp3) is 0.120. The first-order chi connectivity index (χ1) is 16.2. The lowest BCUT2D eigenvalue weighted by atomic mass is 10.1. The van der Waals surface area contributed by atoms with Gasteiger partial charge >= 0.3 is 0 Å². The zero-order chi connectivity index (χ0) is 24.8. The van der Waals surface area contributed by atoms with E-state index in [1.54, 1.807) is 24.3 Å². The Labute approximate surface area is 218 Å². The van der Waals surface area contributed by atoms with Crippen LogP contribution < -0.4 is 10.1 Å². The number of halogens is 2. The monoisotopic (exact) mass is 631 g/mol. The van der Waals surface area contributed by atoms with Crippen molar-refractivity contribution in [3.05, 3.63) is 101 Å². The molecule has 0 bridgehead atoms. The van der Waals surface area contributed by atoms with Crippen LogP contribution >= 0.6 is 38.5 Å². The molecule has 0 radical (unpaired) electrons. The van der Waals surface area contributed by atoms with Crippen LogP contribution in [0.1, 0.15) is 22.3 Å². The molecule has 1 amide bonds. The van der Waals surface area contributed by atoms with Gasteiger partial charge in [0.2, 0.25) is 0 Å². The number of rotatable bonds is 7. The van der Waals surface area contributed by atoms with Crippen molar-refractivity contribution in [2.24, 2.45) is 0 Å². The Balaban J connectivity index is 1.76. The molecule has 0 heterocycles. The smallest absolute Gasteiger partial charge is 0.269 e. The summed E-state index contributed by atoms with van der Waals surface area (Å²) < 4.78 is 7.33. The molecule has 1 N–H and O–H groups in total. The van der Waals surface area contributed by atoms with Gasteiger partial charge in [-0.3, -0.25) is 14.9 Å². The zero-order valence-electron chi connectivity index (χ0n) is 18.3. The highest BCUT2D eigenvalue weighted by molar-refractivity contribution is 14.1. The molecule has 0 fully saturated rings.